The van der Waals surface area contributed by atoms with Crippen molar-refractivity contribution in [2.24, 2.45) is 11.8 Å². The second-order valence-corrected chi connectivity index (χ2v) is 7.98. The summed E-state index contributed by atoms with van der Waals surface area (Å²) >= 11 is 0. The molecule has 1 rings (SSSR count). The molecule has 0 aliphatic heterocycles. The fourth-order valence-electron chi connectivity index (χ4n) is 4.25. The number of allylic oxidation sites excluding steroid dienone is 2. The molecule has 0 bridgehead atoms. The number of hydrogen-bond acceptors (Lipinski definition) is 0. The molecular weight excluding hydrogens is 276 g/mol. The van der Waals surface area contributed by atoms with Gasteiger partial charge in [0.25, 0.3) is 0 Å². The van der Waals surface area contributed by atoms with Crippen LogP contribution in [0, 0.1) is 11.8 Å². The summed E-state index contributed by atoms with van der Waals surface area (Å²) in [5.41, 5.74) is 1.76. The van der Waals surface area contributed by atoms with Crippen molar-refractivity contribution < 1.29 is 0 Å². The van der Waals surface area contributed by atoms with E-state index in [1.54, 1.807) is 5.57 Å². The van der Waals surface area contributed by atoms with Crippen molar-refractivity contribution in [2.45, 2.75) is 124 Å². The Morgan fingerprint density at radius 2 is 1.57 bits per heavy atom. The molecule has 0 radical (unpaired) electrons. The summed E-state index contributed by atoms with van der Waals surface area (Å²) < 4.78 is 0. The Morgan fingerprint density at radius 1 is 0.826 bits per heavy atom. The summed E-state index contributed by atoms with van der Waals surface area (Å²) in [7, 11) is 0. The van der Waals surface area contributed by atoms with Crippen molar-refractivity contribution >= 4 is 0 Å². The average molecular weight is 321 g/mol. The lowest BCUT2D eigenvalue weighted by atomic mass is 9.82. The first-order valence-electron chi connectivity index (χ1n) is 11.0. The third-order valence-corrected chi connectivity index (χ3v) is 5.82. The van der Waals surface area contributed by atoms with E-state index in [4.69, 9.17) is 0 Å². The minimum absolute atomic E-state index is 0.871. The lowest BCUT2D eigenvalue weighted by Gasteiger charge is -2.23. The van der Waals surface area contributed by atoms with Crippen LogP contribution in [0.5, 0.6) is 0 Å². The quantitative estimate of drug-likeness (QED) is 0.311. The fourth-order valence-corrected chi connectivity index (χ4v) is 4.25. The number of unbranched alkanes of at least 4 members (excludes halogenated alkanes) is 3. The summed E-state index contributed by atoms with van der Waals surface area (Å²) in [5.74, 6) is 1.87. The van der Waals surface area contributed by atoms with Crippen molar-refractivity contribution in [3.63, 3.8) is 0 Å². The molecule has 23 heavy (non-hydrogen) atoms. The molecule has 0 N–H and O–H groups in total. The normalized spacial score (nSPS) is 26.8. The maximum Gasteiger partial charge on any atom is -0.0228 e. The first-order valence-corrected chi connectivity index (χ1v) is 11.0. The Hall–Kier alpha value is -0.260. The average Bonchev–Trinajstić information content (AvgIpc) is 2.55. The smallest absolute Gasteiger partial charge is 0.0228 e. The van der Waals surface area contributed by atoms with Crippen molar-refractivity contribution in [2.75, 3.05) is 0 Å². The third-order valence-electron chi connectivity index (χ3n) is 5.82. The predicted octanol–water partition coefficient (Wildman–Crippen LogP) is 8.46. The molecule has 0 spiro atoms. The second kappa shape index (κ2) is 14.1. The zero-order valence-corrected chi connectivity index (χ0v) is 16.5. The van der Waals surface area contributed by atoms with E-state index in [2.05, 4.69) is 26.8 Å². The monoisotopic (exact) mass is 320 g/mol. The lowest BCUT2D eigenvalue weighted by molar-refractivity contribution is 0.330. The van der Waals surface area contributed by atoms with E-state index >= 15 is 0 Å². The molecule has 0 fully saturated rings. The Bertz CT molecular complexity index is 288. The molecule has 1 aliphatic carbocycles. The van der Waals surface area contributed by atoms with Crippen molar-refractivity contribution in [1.82, 2.24) is 0 Å². The molecule has 0 aromatic heterocycles. The van der Waals surface area contributed by atoms with Crippen LogP contribution in [0.1, 0.15) is 124 Å². The molecule has 0 amide bonds. The van der Waals surface area contributed by atoms with Gasteiger partial charge in [0, 0.05) is 0 Å². The number of rotatable bonds is 8. The largest absolute Gasteiger partial charge is 0.0822 e. The van der Waals surface area contributed by atoms with E-state index in [9.17, 15) is 0 Å². The molecule has 0 saturated heterocycles. The van der Waals surface area contributed by atoms with Crippen LogP contribution in [-0.2, 0) is 0 Å². The Balaban J connectivity index is 2.70. The van der Waals surface area contributed by atoms with Crippen LogP contribution in [0.4, 0.5) is 0 Å². The van der Waals surface area contributed by atoms with E-state index in [1.807, 2.05) is 0 Å². The molecule has 0 nitrogen and oxygen atoms in total. The minimum Gasteiger partial charge on any atom is -0.0822 e. The van der Waals surface area contributed by atoms with Crippen molar-refractivity contribution in [3.8, 4) is 0 Å². The van der Waals surface area contributed by atoms with Crippen molar-refractivity contribution in [1.29, 1.82) is 0 Å². The highest BCUT2D eigenvalue weighted by Gasteiger charge is 2.16. The molecule has 0 saturated carbocycles. The van der Waals surface area contributed by atoms with Crippen molar-refractivity contribution in [3.05, 3.63) is 11.6 Å². The van der Waals surface area contributed by atoms with Gasteiger partial charge in [-0.3, -0.25) is 0 Å². The van der Waals surface area contributed by atoms with E-state index in [1.165, 1.54) is 103 Å². The van der Waals surface area contributed by atoms with Crippen LogP contribution in [0.15, 0.2) is 11.6 Å². The van der Waals surface area contributed by atoms with Crippen LogP contribution >= 0.6 is 0 Å². The van der Waals surface area contributed by atoms with Crippen LogP contribution in [0.2, 0.25) is 0 Å². The maximum absolute atomic E-state index is 2.73. The highest BCUT2D eigenvalue weighted by Crippen LogP contribution is 2.30. The molecule has 0 aromatic carbocycles. The van der Waals surface area contributed by atoms with Gasteiger partial charge >= 0.3 is 0 Å². The lowest BCUT2D eigenvalue weighted by Crippen LogP contribution is -2.10. The summed E-state index contributed by atoms with van der Waals surface area (Å²) in [6, 6.07) is 0. The van der Waals surface area contributed by atoms with Gasteiger partial charge in [0.05, 0.1) is 0 Å². The van der Waals surface area contributed by atoms with E-state index in [0.29, 0.717) is 0 Å². The molecule has 1 aliphatic rings. The van der Waals surface area contributed by atoms with Crippen LogP contribution < -0.4 is 0 Å². The zero-order valence-electron chi connectivity index (χ0n) is 16.5. The summed E-state index contributed by atoms with van der Waals surface area (Å²) in [6.45, 7) is 7.05. The Morgan fingerprint density at radius 3 is 2.30 bits per heavy atom. The first kappa shape index (κ1) is 20.8. The number of hydrogen-bond donors (Lipinski definition) is 0. The van der Waals surface area contributed by atoms with E-state index in [-0.39, 0.29) is 0 Å². The van der Waals surface area contributed by atoms with E-state index in [0.717, 1.165) is 11.8 Å². The molecule has 0 heteroatoms. The third kappa shape index (κ3) is 10.3. The van der Waals surface area contributed by atoms with Gasteiger partial charge in [0.2, 0.25) is 0 Å². The van der Waals surface area contributed by atoms with Gasteiger partial charge in [-0.25, -0.2) is 0 Å². The summed E-state index contributed by atoms with van der Waals surface area (Å²) in [5, 5.41) is 0. The van der Waals surface area contributed by atoms with Gasteiger partial charge in [0.15, 0.2) is 0 Å². The maximum atomic E-state index is 2.73. The predicted molar refractivity (Wildman–Crippen MR) is 106 cm³/mol. The van der Waals surface area contributed by atoms with Crippen LogP contribution in [0.25, 0.3) is 0 Å². The highest BCUT2D eigenvalue weighted by molar-refractivity contribution is 5.04. The van der Waals surface area contributed by atoms with Gasteiger partial charge in [-0.2, -0.15) is 0 Å². The van der Waals surface area contributed by atoms with E-state index < -0.39 is 0 Å². The van der Waals surface area contributed by atoms with Crippen LogP contribution in [-0.4, -0.2) is 0 Å². The van der Waals surface area contributed by atoms with Gasteiger partial charge in [-0.15, -0.1) is 0 Å². The fraction of sp³-hybridized carbons (Fsp3) is 0.913. The molecular formula is C23H44. The van der Waals surface area contributed by atoms with Gasteiger partial charge < -0.3 is 0 Å². The van der Waals surface area contributed by atoms with Crippen LogP contribution in [0.3, 0.4) is 0 Å². The molecule has 2 unspecified atom stereocenters. The zero-order chi connectivity index (χ0) is 16.8. The SMILES string of the molecule is CCCCCC1CCCCCCC/C(CC)=C/C(CCCC)C1. The molecule has 136 valence electrons. The first-order chi connectivity index (χ1) is 11.3. The van der Waals surface area contributed by atoms with Gasteiger partial charge in [0.1, 0.15) is 0 Å². The molecule has 0 aromatic rings. The minimum atomic E-state index is 0.871. The topological polar surface area (TPSA) is 0 Å². The standard InChI is InChI=1S/C23H44/c1-4-7-12-17-22-18-14-11-9-10-13-16-21(6-3)19-23(20-22)15-8-5-2/h19,22-23H,4-18,20H2,1-3H3/b21-19+. The molecule has 0 heterocycles. The summed E-state index contributed by atoms with van der Waals surface area (Å²) in [4.78, 5) is 0. The Labute approximate surface area is 147 Å². The van der Waals surface area contributed by atoms with Gasteiger partial charge in [-0.1, -0.05) is 103 Å². The Kier molecular flexibility index (Phi) is 12.8. The van der Waals surface area contributed by atoms with Gasteiger partial charge in [-0.05, 0) is 43.9 Å². The summed E-state index contributed by atoms with van der Waals surface area (Å²) in [6.07, 6.45) is 25.7. The molecule has 2 atom stereocenters. The highest BCUT2D eigenvalue weighted by atomic mass is 14.2. The second-order valence-electron chi connectivity index (χ2n) is 7.98.